The highest BCUT2D eigenvalue weighted by Crippen LogP contribution is 2.45. The predicted molar refractivity (Wildman–Crippen MR) is 244 cm³/mol. The summed E-state index contributed by atoms with van der Waals surface area (Å²) in [6, 6.07) is 5.81. The number of nitrogens with zero attached hydrogens (tertiary/aromatic N) is 4. The number of allylic oxidation sites excluding steroid dienone is 2. The van der Waals surface area contributed by atoms with Gasteiger partial charge in [0.1, 0.15) is 12.7 Å². The van der Waals surface area contributed by atoms with Crippen molar-refractivity contribution in [2.45, 2.75) is 111 Å². The fourth-order valence-corrected chi connectivity index (χ4v) is 9.89. The van der Waals surface area contributed by atoms with Crippen LogP contribution >= 0.6 is 0 Å². The van der Waals surface area contributed by atoms with Gasteiger partial charge in [-0.3, -0.25) is 29.2 Å². The van der Waals surface area contributed by atoms with Gasteiger partial charge in [0.05, 0.1) is 53.5 Å². The average Bonchev–Trinajstić information content (AvgIpc) is 3.91. The molecule has 1 saturated heterocycles. The molecule has 1 unspecified atom stereocenters. The van der Waals surface area contributed by atoms with E-state index in [9.17, 15) is 14.7 Å². The number of esters is 1. The Morgan fingerprint density at radius 1 is 0.984 bits per heavy atom. The molecular weight excluding hydrogens is 801 g/mol. The fraction of sp³-hybridized carbons (Fsp3) is 0.521. The molecule has 3 atom stereocenters. The first-order valence-electron chi connectivity index (χ1n) is 21.9. The smallest absolute Gasteiger partial charge is 0.305 e. The number of nitrogens with one attached hydrogen (secondary N) is 2. The number of amides is 2. The van der Waals surface area contributed by atoms with Crippen LogP contribution in [-0.2, 0) is 18.7 Å². The van der Waals surface area contributed by atoms with Crippen molar-refractivity contribution < 1.29 is 33.4 Å². The molecule has 0 spiro atoms. The lowest BCUT2D eigenvalue weighted by Gasteiger charge is -2.36. The van der Waals surface area contributed by atoms with Crippen molar-refractivity contribution in [1.29, 1.82) is 0 Å². The molecule has 1 fully saturated rings. The van der Waals surface area contributed by atoms with Gasteiger partial charge < -0.3 is 29.0 Å². The predicted octanol–water partition coefficient (Wildman–Crippen LogP) is 8.10. The Morgan fingerprint density at radius 3 is 2.34 bits per heavy atom. The molecule has 14 heteroatoms. The number of ether oxygens (including phenoxy) is 2. The highest BCUT2D eigenvalue weighted by Gasteiger charge is 2.41. The van der Waals surface area contributed by atoms with Crippen molar-refractivity contribution in [1.82, 2.24) is 29.7 Å². The number of aromatic amines is 2. The molecule has 0 saturated carbocycles. The Labute approximate surface area is 365 Å². The van der Waals surface area contributed by atoms with Crippen LogP contribution in [0.1, 0.15) is 139 Å². The van der Waals surface area contributed by atoms with Crippen molar-refractivity contribution in [2.24, 2.45) is 0 Å². The Hall–Kier alpha value is -4.91. The molecule has 0 aromatic carbocycles. The third-order valence-corrected chi connectivity index (χ3v) is 18.3. The summed E-state index contributed by atoms with van der Waals surface area (Å²) in [4.78, 5) is 64.0. The zero-order valence-corrected chi connectivity index (χ0v) is 39.0. The minimum atomic E-state index is -2.02. The van der Waals surface area contributed by atoms with Gasteiger partial charge in [0.15, 0.2) is 8.32 Å². The van der Waals surface area contributed by atoms with Crippen LogP contribution in [0.25, 0.3) is 33.2 Å². The van der Waals surface area contributed by atoms with Crippen LogP contribution in [0.5, 0.6) is 0 Å². The van der Waals surface area contributed by atoms with Gasteiger partial charge in [-0.05, 0) is 92.2 Å². The Morgan fingerprint density at radius 2 is 1.66 bits per heavy atom. The van der Waals surface area contributed by atoms with Gasteiger partial charge in [0, 0.05) is 72.2 Å². The highest BCUT2D eigenvalue weighted by atomic mass is 28.4. The lowest BCUT2D eigenvalue weighted by molar-refractivity contribution is -0.144. The number of hydrogen-bond acceptors (Lipinski definition) is 10. The molecule has 4 aliphatic heterocycles. The summed E-state index contributed by atoms with van der Waals surface area (Å²) in [5.74, 6) is 0.690. The molecule has 7 rings (SSSR count). The molecule has 3 aromatic heterocycles. The minimum Gasteiger partial charge on any atom is -0.463 e. The molecule has 330 valence electrons. The maximum atomic E-state index is 15.1. The standard InChI is InChI=1S/C48H62N6O7Si/c1-12-31-27(3)33-26-38-41(39(55)13-2)29(5)35(50-38)24-34-28(4)32(14-15-40(56)60-22-23-61-62(10,11)48(7,8)9)44(51-34)43-45-42(30(6)36(52-45)25-37(31)49-33)46(57)54(47(43)58)17-16-53-18-20-59-21-19-53/h2,24-26,28,32,39,50,52,55H,12,14-23H2,1,3-11H3/t28-,32-,39?/m0/s1. The molecule has 0 aliphatic carbocycles. The third kappa shape index (κ3) is 8.45. The van der Waals surface area contributed by atoms with Gasteiger partial charge in [-0.25, -0.2) is 4.98 Å². The molecule has 13 nitrogen and oxygen atoms in total. The number of rotatable bonds is 12. The zero-order valence-electron chi connectivity index (χ0n) is 38.0. The van der Waals surface area contributed by atoms with E-state index in [1.54, 1.807) is 0 Å². The monoisotopic (exact) mass is 862 g/mol. The summed E-state index contributed by atoms with van der Waals surface area (Å²) >= 11 is 0. The van der Waals surface area contributed by atoms with Crippen LogP contribution < -0.4 is 0 Å². The second-order valence-electron chi connectivity index (χ2n) is 18.5. The third-order valence-electron chi connectivity index (χ3n) is 13.8. The summed E-state index contributed by atoms with van der Waals surface area (Å²) in [5, 5.41) is 11.2. The molecule has 2 amide bonds. The first kappa shape index (κ1) is 45.1. The number of aryl methyl sites for hydroxylation is 2. The van der Waals surface area contributed by atoms with Gasteiger partial charge in [0.25, 0.3) is 11.8 Å². The van der Waals surface area contributed by atoms with Gasteiger partial charge in [0.2, 0.25) is 0 Å². The van der Waals surface area contributed by atoms with E-state index in [0.717, 1.165) is 28.1 Å². The zero-order chi connectivity index (χ0) is 44.8. The van der Waals surface area contributed by atoms with E-state index in [1.165, 1.54) is 4.90 Å². The fourth-order valence-electron chi connectivity index (χ4n) is 8.86. The summed E-state index contributed by atoms with van der Waals surface area (Å²) in [5.41, 5.74) is 9.86. The largest absolute Gasteiger partial charge is 0.463 e. The molecular formula is C48H62N6O7Si. The number of carbonyl (C=O) groups is 3. The van der Waals surface area contributed by atoms with Crippen molar-refractivity contribution in [3.05, 3.63) is 68.8 Å². The van der Waals surface area contributed by atoms with Crippen LogP contribution in [0, 0.1) is 26.2 Å². The average molecular weight is 863 g/mol. The Bertz CT molecular complexity index is 2530. The Balaban J connectivity index is 1.40. The van der Waals surface area contributed by atoms with E-state index in [2.05, 4.69) is 61.6 Å². The van der Waals surface area contributed by atoms with E-state index >= 15 is 4.79 Å². The molecule has 4 aliphatic rings. The lowest BCUT2D eigenvalue weighted by atomic mass is 9.84. The number of terminal acetylenes is 1. The van der Waals surface area contributed by atoms with Gasteiger partial charge in [-0.1, -0.05) is 40.5 Å². The van der Waals surface area contributed by atoms with Crippen LogP contribution in [-0.4, -0.2) is 114 Å². The van der Waals surface area contributed by atoms with Crippen LogP contribution in [0.2, 0.25) is 18.1 Å². The second-order valence-corrected chi connectivity index (χ2v) is 23.3. The van der Waals surface area contributed by atoms with Gasteiger partial charge >= 0.3 is 5.97 Å². The lowest BCUT2D eigenvalue weighted by Crippen LogP contribution is -2.47. The number of fused-ring (bicyclic) bond motifs is 8. The second kappa shape index (κ2) is 17.7. The number of aliphatic hydroxyl groups excluding tert-OH is 1. The number of H-pyrrole nitrogens is 2. The number of aliphatic hydroxyl groups is 1. The quantitative estimate of drug-likeness (QED) is 0.0533. The number of morpholine rings is 1. The first-order chi connectivity index (χ1) is 29.4. The topological polar surface area (TPSA) is 163 Å². The highest BCUT2D eigenvalue weighted by molar-refractivity contribution is 6.74. The maximum Gasteiger partial charge on any atom is 0.305 e. The van der Waals surface area contributed by atoms with E-state index in [0.29, 0.717) is 108 Å². The molecule has 3 aromatic rings. The number of imide groups is 1. The van der Waals surface area contributed by atoms with Crippen molar-refractivity contribution in [2.75, 3.05) is 52.6 Å². The van der Waals surface area contributed by atoms with Gasteiger partial charge in [-0.15, -0.1) is 6.42 Å². The van der Waals surface area contributed by atoms with Crippen LogP contribution in [0.4, 0.5) is 0 Å². The van der Waals surface area contributed by atoms with Gasteiger partial charge in [-0.2, -0.15) is 0 Å². The van der Waals surface area contributed by atoms with E-state index in [-0.39, 0.29) is 42.4 Å². The summed E-state index contributed by atoms with van der Waals surface area (Å²) in [6.07, 6.45) is 5.76. The molecule has 62 heavy (non-hydrogen) atoms. The number of hydrogen-bond donors (Lipinski definition) is 3. The SMILES string of the molecule is C#CC(O)c1c(C)c2cc3nc(c4c5[nH]c(cc6nc(cc1[nH]2)C(C)=C6CC)c(C)c5C(=O)N(CCN1CCOCC1)C4=O)[C@@H](CCC(=O)OCCO[Si](C)(C)C(C)(C)C)[C@@H]3C. The molecule has 8 bridgehead atoms. The van der Waals surface area contributed by atoms with Crippen molar-refractivity contribution >= 4 is 59.3 Å². The van der Waals surface area contributed by atoms with E-state index in [1.807, 2.05) is 45.9 Å². The summed E-state index contributed by atoms with van der Waals surface area (Å²) < 4.78 is 17.5. The molecule has 3 N–H and O–H groups in total. The number of aromatic nitrogens is 4. The normalized spacial score (nSPS) is 19.0. The van der Waals surface area contributed by atoms with Crippen LogP contribution in [0.3, 0.4) is 0 Å². The summed E-state index contributed by atoms with van der Waals surface area (Å²) in [6.45, 7) is 24.6. The molecule has 0 radical (unpaired) electrons. The van der Waals surface area contributed by atoms with Crippen LogP contribution in [0.15, 0.2) is 18.2 Å². The molecule has 7 heterocycles. The van der Waals surface area contributed by atoms with Crippen molar-refractivity contribution in [3.63, 3.8) is 0 Å². The maximum absolute atomic E-state index is 15.1. The minimum absolute atomic E-state index is 0.0302. The number of carbonyl (C=O) groups excluding carboxylic acids is 3. The Kier molecular flexibility index (Phi) is 12.9. The first-order valence-corrected chi connectivity index (χ1v) is 24.9. The van der Waals surface area contributed by atoms with E-state index < -0.39 is 26.2 Å². The van der Waals surface area contributed by atoms with Crippen molar-refractivity contribution in [3.8, 4) is 12.3 Å². The summed E-state index contributed by atoms with van der Waals surface area (Å²) in [7, 11) is -2.02. The van der Waals surface area contributed by atoms with E-state index in [4.69, 9.17) is 30.3 Å².